The first kappa shape index (κ1) is 23.3. The highest BCUT2D eigenvalue weighted by atomic mass is 16.5. The second-order valence-electron chi connectivity index (χ2n) is 8.63. The first-order valence-corrected chi connectivity index (χ1v) is 11.1. The van der Waals surface area contributed by atoms with Gasteiger partial charge >= 0.3 is 6.03 Å². The fourth-order valence-electron chi connectivity index (χ4n) is 4.09. The van der Waals surface area contributed by atoms with Gasteiger partial charge < -0.3 is 20.1 Å². The van der Waals surface area contributed by atoms with Crippen LogP contribution >= 0.6 is 0 Å². The molecule has 4 rings (SSSR count). The number of nitrogens with one attached hydrogen (secondary N) is 2. The van der Waals surface area contributed by atoms with Crippen molar-refractivity contribution in [1.29, 1.82) is 0 Å². The number of Topliss-reactive ketones (excluding diaryl/α,β-unsaturated/α-hetero) is 1. The van der Waals surface area contributed by atoms with Gasteiger partial charge in [0.05, 0.1) is 25.8 Å². The van der Waals surface area contributed by atoms with Gasteiger partial charge in [0.25, 0.3) is 5.91 Å². The van der Waals surface area contributed by atoms with Gasteiger partial charge in [0.1, 0.15) is 5.54 Å². The lowest BCUT2D eigenvalue weighted by Gasteiger charge is -2.23. The molecule has 178 valence electrons. The molecule has 1 saturated heterocycles. The summed E-state index contributed by atoms with van der Waals surface area (Å²) in [5, 5.41) is 5.50. The highest BCUT2D eigenvalue weighted by molar-refractivity contribution is 6.11. The Balaban J connectivity index is 1.49. The molecule has 0 bridgehead atoms. The van der Waals surface area contributed by atoms with E-state index in [0.717, 1.165) is 16.9 Å². The van der Waals surface area contributed by atoms with Crippen LogP contribution in [0.25, 0.3) is 0 Å². The van der Waals surface area contributed by atoms with Crippen molar-refractivity contribution in [2.24, 2.45) is 0 Å². The minimum Gasteiger partial charge on any atom is -0.490 e. The number of benzene rings is 2. The summed E-state index contributed by atoms with van der Waals surface area (Å²) in [5.41, 5.74) is 0.410. The lowest BCUT2D eigenvalue weighted by molar-refractivity contribution is -0.130. The van der Waals surface area contributed by atoms with Crippen molar-refractivity contribution in [3.63, 3.8) is 0 Å². The molecule has 0 radical (unpaired) electrons. The van der Waals surface area contributed by atoms with Gasteiger partial charge in [0.15, 0.2) is 17.3 Å². The fraction of sp³-hybridized carbons (Fsp3) is 0.360. The van der Waals surface area contributed by atoms with E-state index in [9.17, 15) is 19.2 Å². The molecule has 2 N–H and O–H groups in total. The standard InChI is InChI=1S/C25H27N3O6/c1-15(26-16(2)29)17-5-7-18(8-6-17)20(30)14-28-23(31)25(3,27-24(28)32)19-9-10-21-22(13-19)34-12-4-11-33-21/h5-10,13,15H,4,11-12,14H2,1-3H3,(H,26,29)(H,27,32)/t15-,25+/m1/s1. The molecule has 9 heteroatoms. The maximum atomic E-state index is 13.3. The molecule has 0 spiro atoms. The van der Waals surface area contributed by atoms with Gasteiger partial charge in [-0.25, -0.2) is 4.79 Å². The molecule has 34 heavy (non-hydrogen) atoms. The molecule has 0 aromatic heterocycles. The number of rotatable bonds is 6. The average molecular weight is 466 g/mol. The van der Waals surface area contributed by atoms with E-state index in [4.69, 9.17) is 9.47 Å². The maximum absolute atomic E-state index is 13.3. The largest absolute Gasteiger partial charge is 0.490 e. The molecule has 1 fully saturated rings. The van der Waals surface area contributed by atoms with Gasteiger partial charge in [0.2, 0.25) is 5.91 Å². The fourth-order valence-corrected chi connectivity index (χ4v) is 4.09. The third-order valence-electron chi connectivity index (χ3n) is 6.05. The maximum Gasteiger partial charge on any atom is 0.325 e. The third kappa shape index (κ3) is 4.46. The van der Waals surface area contributed by atoms with E-state index in [1.54, 1.807) is 49.4 Å². The molecule has 2 atom stereocenters. The Kier molecular flexibility index (Phi) is 6.28. The van der Waals surface area contributed by atoms with Crippen molar-refractivity contribution in [2.45, 2.75) is 38.8 Å². The lowest BCUT2D eigenvalue weighted by atomic mass is 9.91. The summed E-state index contributed by atoms with van der Waals surface area (Å²) >= 11 is 0. The number of imide groups is 1. The number of ether oxygens (including phenoxy) is 2. The Labute approximate surface area is 197 Å². The molecule has 2 heterocycles. The van der Waals surface area contributed by atoms with E-state index >= 15 is 0 Å². The summed E-state index contributed by atoms with van der Waals surface area (Å²) in [5.74, 6) is 0.0653. The summed E-state index contributed by atoms with van der Waals surface area (Å²) in [4.78, 5) is 51.0. The molecule has 4 amide bonds. The average Bonchev–Trinajstić information content (AvgIpc) is 2.97. The molecule has 0 unspecified atom stereocenters. The Morgan fingerprint density at radius 3 is 2.44 bits per heavy atom. The second kappa shape index (κ2) is 9.17. The summed E-state index contributed by atoms with van der Waals surface area (Å²) in [7, 11) is 0. The van der Waals surface area contributed by atoms with Crippen LogP contribution in [0.1, 0.15) is 54.7 Å². The number of amides is 4. The zero-order valence-electron chi connectivity index (χ0n) is 19.3. The molecular formula is C25H27N3O6. The lowest BCUT2D eigenvalue weighted by Crippen LogP contribution is -2.41. The Morgan fingerprint density at radius 1 is 1.09 bits per heavy atom. The van der Waals surface area contributed by atoms with Crippen molar-refractivity contribution in [1.82, 2.24) is 15.5 Å². The van der Waals surface area contributed by atoms with Crippen LogP contribution < -0.4 is 20.1 Å². The van der Waals surface area contributed by atoms with Crippen molar-refractivity contribution in [3.8, 4) is 11.5 Å². The Morgan fingerprint density at radius 2 is 1.76 bits per heavy atom. The van der Waals surface area contributed by atoms with E-state index < -0.39 is 17.5 Å². The summed E-state index contributed by atoms with van der Waals surface area (Å²) < 4.78 is 11.4. The van der Waals surface area contributed by atoms with Crippen LogP contribution in [-0.4, -0.2) is 48.3 Å². The first-order valence-electron chi connectivity index (χ1n) is 11.1. The van der Waals surface area contributed by atoms with Gasteiger partial charge in [0, 0.05) is 18.9 Å². The number of carbonyl (C=O) groups is 4. The highest BCUT2D eigenvalue weighted by Gasteiger charge is 2.49. The normalized spacial score (nSPS) is 20.4. The molecule has 9 nitrogen and oxygen atoms in total. The Bertz CT molecular complexity index is 1150. The van der Waals surface area contributed by atoms with Crippen LogP contribution in [0.4, 0.5) is 4.79 Å². The topological polar surface area (TPSA) is 114 Å². The number of fused-ring (bicyclic) bond motifs is 1. The van der Waals surface area contributed by atoms with Crippen molar-refractivity contribution < 1.29 is 28.7 Å². The summed E-state index contributed by atoms with van der Waals surface area (Å²) in [6, 6.07) is 11.0. The molecule has 2 aromatic carbocycles. The summed E-state index contributed by atoms with van der Waals surface area (Å²) in [6.45, 7) is 5.54. The van der Waals surface area contributed by atoms with Gasteiger partial charge in [-0.05, 0) is 37.1 Å². The van der Waals surface area contributed by atoms with Gasteiger partial charge in [-0.1, -0.05) is 30.3 Å². The SMILES string of the molecule is CC(=O)N[C@H](C)c1ccc(C(=O)CN2C(=O)N[C@@](C)(c3ccc4c(c3)OCCCO4)C2=O)cc1. The molecule has 0 saturated carbocycles. The van der Waals surface area contributed by atoms with E-state index in [1.165, 1.54) is 6.92 Å². The van der Waals surface area contributed by atoms with Gasteiger partial charge in [-0.3, -0.25) is 19.3 Å². The van der Waals surface area contributed by atoms with E-state index in [1.807, 2.05) is 6.92 Å². The number of nitrogens with zero attached hydrogens (tertiary/aromatic N) is 1. The number of urea groups is 1. The van der Waals surface area contributed by atoms with Crippen LogP contribution in [0.3, 0.4) is 0 Å². The summed E-state index contributed by atoms with van der Waals surface area (Å²) in [6.07, 6.45) is 0.750. The second-order valence-corrected chi connectivity index (χ2v) is 8.63. The van der Waals surface area contributed by atoms with Crippen LogP contribution in [0.2, 0.25) is 0 Å². The van der Waals surface area contributed by atoms with Gasteiger partial charge in [-0.2, -0.15) is 0 Å². The smallest absolute Gasteiger partial charge is 0.325 e. The van der Waals surface area contributed by atoms with Crippen LogP contribution in [0.15, 0.2) is 42.5 Å². The molecule has 0 aliphatic carbocycles. The first-order chi connectivity index (χ1) is 16.2. The van der Waals surface area contributed by atoms with Crippen LogP contribution in [0, 0.1) is 0 Å². The number of ketones is 1. The minimum atomic E-state index is -1.33. The predicted octanol–water partition coefficient (Wildman–Crippen LogP) is 2.69. The van der Waals surface area contributed by atoms with Crippen molar-refractivity contribution >= 4 is 23.6 Å². The Hall–Kier alpha value is -3.88. The van der Waals surface area contributed by atoms with Gasteiger partial charge in [-0.15, -0.1) is 0 Å². The molecule has 2 aromatic rings. The van der Waals surface area contributed by atoms with Crippen LogP contribution in [0.5, 0.6) is 11.5 Å². The molecular weight excluding hydrogens is 438 g/mol. The third-order valence-corrected chi connectivity index (χ3v) is 6.05. The molecule has 2 aliphatic rings. The quantitative estimate of drug-likeness (QED) is 0.501. The van der Waals surface area contributed by atoms with E-state index in [0.29, 0.717) is 35.8 Å². The zero-order valence-corrected chi connectivity index (χ0v) is 19.3. The minimum absolute atomic E-state index is 0.150. The monoisotopic (exact) mass is 465 g/mol. The number of hydrogen-bond acceptors (Lipinski definition) is 6. The number of carbonyl (C=O) groups excluding carboxylic acids is 4. The van der Waals surface area contributed by atoms with E-state index in [2.05, 4.69) is 10.6 Å². The highest BCUT2D eigenvalue weighted by Crippen LogP contribution is 2.36. The van der Waals surface area contributed by atoms with Crippen molar-refractivity contribution in [3.05, 3.63) is 59.2 Å². The predicted molar refractivity (Wildman–Crippen MR) is 123 cm³/mol. The van der Waals surface area contributed by atoms with Crippen molar-refractivity contribution in [2.75, 3.05) is 19.8 Å². The number of hydrogen-bond donors (Lipinski definition) is 2. The van der Waals surface area contributed by atoms with Crippen LogP contribution in [-0.2, 0) is 15.1 Å². The molecule has 2 aliphatic heterocycles. The van der Waals surface area contributed by atoms with E-state index in [-0.39, 0.29) is 24.3 Å². The zero-order chi connectivity index (χ0) is 24.5.